The van der Waals surface area contributed by atoms with Crippen LogP contribution in [0.4, 0.5) is 13.2 Å². The Morgan fingerprint density at radius 2 is 0.556 bits per heavy atom. The molecule has 8 aromatic rings. The Balaban J connectivity index is -0.000000154. The largest absolute Gasteiger partial charge is 0.475 e. The number of furan rings is 8. The number of carbonyl (C=O) groups excluding carboxylic acids is 3. The Hall–Kier alpha value is -10.5. The van der Waals surface area contributed by atoms with Gasteiger partial charge in [-0.15, -0.1) is 0 Å². The zero-order valence-corrected chi connectivity index (χ0v) is 53.4. The first kappa shape index (κ1) is 105. The van der Waals surface area contributed by atoms with Crippen LogP contribution in [0.5, 0.6) is 0 Å². The summed E-state index contributed by atoms with van der Waals surface area (Å²) < 4.78 is 70.8. The second-order valence-corrected chi connectivity index (χ2v) is 16.1. The van der Waals surface area contributed by atoms with E-state index in [0.717, 1.165) is 59.4 Å². The summed E-state index contributed by atoms with van der Waals surface area (Å²) >= 11 is 0. The molecule has 0 saturated carbocycles. The second-order valence-electron chi connectivity index (χ2n) is 16.1. The average molecular weight is 1430 g/mol. The van der Waals surface area contributed by atoms with Crippen molar-refractivity contribution >= 4 is 54.7 Å². The maximum Gasteiger partial charge on any atom is 0.371 e. The Labute approximate surface area is 566 Å². The number of halogens is 3. The quantitative estimate of drug-likeness (QED) is 0.0477. The summed E-state index contributed by atoms with van der Waals surface area (Å²) in [6, 6.07) is 23.6. The molecule has 8 aromatic heterocycles. The molecule has 560 valence electrons. The molecule has 1 aliphatic heterocycles. The molecular weight excluding hydrogens is 1340 g/mol. The van der Waals surface area contributed by atoms with Crippen LogP contribution in [0.3, 0.4) is 0 Å². The molecule has 35 heteroatoms. The summed E-state index contributed by atoms with van der Waals surface area (Å²) in [5.74, 6) is -3.99. The van der Waals surface area contributed by atoms with Gasteiger partial charge in [0.15, 0.2) is 42.4 Å². The monoisotopic (exact) mass is 1430 g/mol. The highest BCUT2D eigenvalue weighted by molar-refractivity contribution is 5.90. The molecule has 0 amide bonds. The molecule has 1 fully saturated rings. The molecule has 0 aromatic carbocycles. The highest BCUT2D eigenvalue weighted by atomic mass is 19.1. The topological polar surface area (TPSA) is 551 Å². The predicted molar refractivity (Wildman–Crippen MR) is 344 cm³/mol. The van der Waals surface area contributed by atoms with Crippen molar-refractivity contribution < 1.29 is 168 Å². The fraction of sp³-hybridized carbons (Fsp3) is 0.359. The lowest BCUT2D eigenvalue weighted by atomic mass is 10.00. The maximum atomic E-state index is 10.2. The zero-order valence-electron chi connectivity index (χ0n) is 53.4. The van der Waals surface area contributed by atoms with Crippen molar-refractivity contribution in [1.82, 2.24) is 0 Å². The minimum absolute atomic E-state index is 0. The van der Waals surface area contributed by atoms with Crippen LogP contribution in [0.2, 0.25) is 0 Å². The van der Waals surface area contributed by atoms with Gasteiger partial charge < -0.3 is 112 Å². The molecule has 9 rings (SSSR count). The van der Waals surface area contributed by atoms with Gasteiger partial charge in [0.1, 0.15) is 84.6 Å². The van der Waals surface area contributed by atoms with E-state index in [-0.39, 0.29) is 93.9 Å². The Bertz CT molecular complexity index is 2930. The average Bonchev–Trinajstić information content (AvgIpc) is 1.75. The maximum absolute atomic E-state index is 10.2. The van der Waals surface area contributed by atoms with Crippen molar-refractivity contribution in [3.05, 3.63) is 189 Å². The van der Waals surface area contributed by atoms with Crippen molar-refractivity contribution in [1.29, 1.82) is 0 Å². The van der Waals surface area contributed by atoms with Crippen LogP contribution in [0, 0.1) is 27.7 Å². The molecular formula is C64H91F3O32. The number of carbonyl (C=O) groups is 9. The first-order valence-corrected chi connectivity index (χ1v) is 26.9. The van der Waals surface area contributed by atoms with Crippen LogP contribution < -0.4 is 0 Å². The Morgan fingerprint density at radius 1 is 0.343 bits per heavy atom. The summed E-state index contributed by atoms with van der Waals surface area (Å²) in [4.78, 5) is 90.8. The molecule has 1 aliphatic rings. The third-order valence-corrected chi connectivity index (χ3v) is 9.56. The van der Waals surface area contributed by atoms with Gasteiger partial charge in [-0.3, -0.25) is 27.6 Å². The van der Waals surface area contributed by atoms with Crippen molar-refractivity contribution in [2.45, 2.75) is 128 Å². The number of alkyl halides is 3. The number of aryl methyl sites for hydroxylation is 4. The van der Waals surface area contributed by atoms with Gasteiger partial charge in [-0.05, 0) is 125 Å². The van der Waals surface area contributed by atoms with Crippen LogP contribution in [0.25, 0.3) is 0 Å². The number of aliphatic hydroxyl groups excluding tert-OH is 8. The summed E-state index contributed by atoms with van der Waals surface area (Å²) in [5.41, 5.74) is 0. The van der Waals surface area contributed by atoms with Crippen LogP contribution in [-0.2, 0) is 24.6 Å². The lowest BCUT2D eigenvalue weighted by Crippen LogP contribution is -2.58. The van der Waals surface area contributed by atoms with E-state index in [0.29, 0.717) is 57.7 Å². The van der Waals surface area contributed by atoms with Gasteiger partial charge in [0.05, 0.1) is 28.1 Å². The fourth-order valence-electron chi connectivity index (χ4n) is 5.53. The Kier molecular flexibility index (Phi) is 65.8. The van der Waals surface area contributed by atoms with E-state index in [1.165, 1.54) is 18.2 Å². The zero-order chi connectivity index (χ0) is 75.2. The van der Waals surface area contributed by atoms with Crippen LogP contribution >= 0.6 is 0 Å². The number of rotatable bonds is 13. The smallest absolute Gasteiger partial charge is 0.371 e. The summed E-state index contributed by atoms with van der Waals surface area (Å²) in [5, 5.41) is 120. The molecule has 0 aliphatic carbocycles. The van der Waals surface area contributed by atoms with Gasteiger partial charge in [-0.2, -0.15) is 0 Å². The minimum atomic E-state index is -1.57. The van der Waals surface area contributed by atoms with E-state index in [1.54, 1.807) is 18.2 Å². The first-order chi connectivity index (χ1) is 45.6. The van der Waals surface area contributed by atoms with Crippen molar-refractivity contribution in [2.75, 3.05) is 28.1 Å². The van der Waals surface area contributed by atoms with Gasteiger partial charge in [-0.1, -0.05) is 50.0 Å². The summed E-state index contributed by atoms with van der Waals surface area (Å²) in [6.07, 6.45) is -5.25. The molecule has 5 atom stereocenters. The van der Waals surface area contributed by atoms with E-state index >= 15 is 0 Å². The SMILES string of the molecule is C.C.C.CC.CC.CF.CF.CF.Cc1ccc(C)o1.Cc1ccc(C)o1.O=C(O)c1ccc(C(=O)O)o1.O=C(O)c1ccc(C(=O)O)o1.O=C(O)c1ccc(C(=O)O)o1.O=Cc1ccc(CO)o1.O=Cc1ccc(CO)o1.O=Cc1ccc(CO)o1.OCC1O[C@H](O)C(O)[C@H](O)[C@@H]1O. The molecule has 0 spiro atoms. The van der Waals surface area contributed by atoms with Gasteiger partial charge in [0, 0.05) is 0 Å². The van der Waals surface area contributed by atoms with Gasteiger partial charge in [0.2, 0.25) is 34.6 Å². The third kappa shape index (κ3) is 44.8. The molecule has 32 nitrogen and oxygen atoms in total. The van der Waals surface area contributed by atoms with Crippen LogP contribution in [0.15, 0.2) is 132 Å². The van der Waals surface area contributed by atoms with Crippen molar-refractivity contribution in [3.8, 4) is 0 Å². The molecule has 0 radical (unpaired) electrons. The molecule has 1 saturated heterocycles. The number of aldehydes is 3. The third-order valence-electron chi connectivity index (χ3n) is 9.56. The standard InChI is InChI=1S/C6H12O6.3C6H4O5.3C6H6O3.2C6H8O.2C2H6.3CH3F.3CH4/c7-1-2-3(8)4(9)5(10)6(11)12-2;3*7-5(8)3-1-2-4(11-3)6(9)10;3*7-3-5-1-2-6(4-8)9-5;2*1-5-3-4-6(2)7-5;5*1-2;;;/h2-11H,1H2;3*1-2H,(H,7,8)(H,9,10);3*1-3,8H,4H2;2*3-4H,1-2H3;2*1-2H3;3*1H3;3*1H4/t2?,3-,4-,5?,6+;;;;;;;;;;;;;;;;/m1................/s1. The predicted octanol–water partition coefficient (Wildman–Crippen LogP) is 10.1. The second kappa shape index (κ2) is 62.3. The lowest BCUT2D eigenvalue weighted by molar-refractivity contribution is -0.286. The normalized spacial score (nSPS) is 13.3. The fourth-order valence-corrected chi connectivity index (χ4v) is 5.53. The Morgan fingerprint density at radius 3 is 0.677 bits per heavy atom. The molecule has 14 N–H and O–H groups in total. The van der Waals surface area contributed by atoms with Crippen molar-refractivity contribution in [2.24, 2.45) is 0 Å². The van der Waals surface area contributed by atoms with E-state index in [4.69, 9.17) is 93.6 Å². The summed E-state index contributed by atoms with van der Waals surface area (Å²) in [7, 11) is 1.50. The van der Waals surface area contributed by atoms with Gasteiger partial charge in [-0.25, -0.2) is 28.8 Å². The molecule has 9 heterocycles. The number of ether oxygens (including phenoxy) is 1. The number of aromatic carboxylic acids is 6. The minimum Gasteiger partial charge on any atom is -0.475 e. The first-order valence-electron chi connectivity index (χ1n) is 26.9. The van der Waals surface area contributed by atoms with E-state index in [1.807, 2.05) is 79.7 Å². The van der Waals surface area contributed by atoms with Crippen LogP contribution in [0.1, 0.15) is 185 Å². The highest BCUT2D eigenvalue weighted by Crippen LogP contribution is 2.19. The molecule has 0 bridgehead atoms. The van der Waals surface area contributed by atoms with E-state index < -0.39 is 73.1 Å². The number of aliphatic hydroxyl groups is 8. The number of carboxylic acids is 6. The number of hydrogen-bond acceptors (Lipinski definition) is 26. The van der Waals surface area contributed by atoms with Gasteiger partial charge in [0.25, 0.3) is 0 Å². The van der Waals surface area contributed by atoms with Crippen LogP contribution in [-0.4, -0.2) is 185 Å². The molecule has 99 heavy (non-hydrogen) atoms. The highest BCUT2D eigenvalue weighted by Gasteiger charge is 2.42. The van der Waals surface area contributed by atoms with Crippen molar-refractivity contribution in [3.63, 3.8) is 0 Å². The number of hydrogen-bond donors (Lipinski definition) is 14. The summed E-state index contributed by atoms with van der Waals surface area (Å²) in [6.45, 7) is 14.7. The number of carboxylic acid groups (broad SMARTS) is 6. The van der Waals surface area contributed by atoms with E-state index in [2.05, 4.69) is 18.0 Å². The molecule has 2 unspecified atom stereocenters. The van der Waals surface area contributed by atoms with E-state index in [9.17, 15) is 56.3 Å². The van der Waals surface area contributed by atoms with Gasteiger partial charge >= 0.3 is 35.8 Å². The lowest BCUT2D eigenvalue weighted by Gasteiger charge is -2.37.